The number of unbranched alkanes of at least 4 members (excludes halogenated alkanes) is 2. The number of nitrogens with one attached hydrogen (secondary N) is 1. The van der Waals surface area contributed by atoms with E-state index in [1.54, 1.807) is 0 Å². The van der Waals surface area contributed by atoms with Crippen molar-refractivity contribution >= 4 is 5.82 Å². The van der Waals surface area contributed by atoms with Crippen LogP contribution < -0.4 is 5.32 Å². The molecule has 27 heavy (non-hydrogen) atoms. The summed E-state index contributed by atoms with van der Waals surface area (Å²) in [4.78, 5) is 2.39. The van der Waals surface area contributed by atoms with Gasteiger partial charge in [-0.2, -0.15) is 0 Å². The smallest absolute Gasteiger partial charge is 0.148 e. The average molecular weight is 361 g/mol. The van der Waals surface area contributed by atoms with Crippen LogP contribution in [-0.4, -0.2) is 35.2 Å². The van der Waals surface area contributed by atoms with E-state index in [1.165, 1.54) is 18.4 Å². The van der Waals surface area contributed by atoms with Gasteiger partial charge in [0.15, 0.2) is 0 Å². The molecule has 0 saturated carbocycles. The number of rotatable bonds is 10. The largest absolute Gasteiger partial charge is 0.369 e. The van der Waals surface area contributed by atoms with Gasteiger partial charge in [-0.25, -0.2) is 0 Å². The van der Waals surface area contributed by atoms with Crippen molar-refractivity contribution in [1.82, 2.24) is 15.1 Å². The van der Waals surface area contributed by atoms with Crippen molar-refractivity contribution in [1.29, 1.82) is 0 Å². The van der Waals surface area contributed by atoms with Crippen LogP contribution in [0.1, 0.15) is 24.8 Å². The van der Waals surface area contributed by atoms with Crippen LogP contribution in [0.25, 0.3) is 11.3 Å². The first-order valence-corrected chi connectivity index (χ1v) is 9.67. The maximum Gasteiger partial charge on any atom is 0.148 e. The highest BCUT2D eigenvalue weighted by Crippen LogP contribution is 2.16. The second kappa shape index (κ2) is 10.4. The van der Waals surface area contributed by atoms with Gasteiger partial charge in [-0.1, -0.05) is 67.1 Å². The van der Waals surface area contributed by atoms with Crippen molar-refractivity contribution in [3.8, 4) is 11.3 Å². The molecule has 0 bridgehead atoms. The zero-order valence-electron chi connectivity index (χ0n) is 16.0. The molecule has 0 unspecified atom stereocenters. The number of anilines is 1. The van der Waals surface area contributed by atoms with Crippen molar-refractivity contribution in [2.45, 2.75) is 25.8 Å². The van der Waals surface area contributed by atoms with E-state index < -0.39 is 0 Å². The van der Waals surface area contributed by atoms with Gasteiger partial charge >= 0.3 is 0 Å². The molecule has 0 saturated heterocycles. The number of benzene rings is 2. The Morgan fingerprint density at radius 2 is 1.52 bits per heavy atom. The quantitative estimate of drug-likeness (QED) is 0.524. The first kappa shape index (κ1) is 19.1. The molecule has 0 aliphatic rings. The molecule has 1 heterocycles. The Morgan fingerprint density at radius 3 is 2.22 bits per heavy atom. The second-order valence-corrected chi connectivity index (χ2v) is 6.88. The first-order valence-electron chi connectivity index (χ1n) is 9.67. The van der Waals surface area contributed by atoms with Gasteiger partial charge in [-0.15, -0.1) is 10.2 Å². The molecule has 1 N–H and O–H groups in total. The van der Waals surface area contributed by atoms with Crippen LogP contribution >= 0.6 is 0 Å². The Balaban J connectivity index is 1.30. The Labute approximate surface area is 162 Å². The first-order chi connectivity index (χ1) is 13.3. The van der Waals surface area contributed by atoms with E-state index in [0.29, 0.717) is 0 Å². The van der Waals surface area contributed by atoms with E-state index in [2.05, 4.69) is 57.8 Å². The van der Waals surface area contributed by atoms with Gasteiger partial charge < -0.3 is 10.2 Å². The molecule has 0 fully saturated rings. The number of aromatic nitrogens is 2. The minimum Gasteiger partial charge on any atom is -0.369 e. The predicted octanol–water partition coefficient (Wildman–Crippen LogP) is 4.86. The molecule has 140 valence electrons. The Hall–Kier alpha value is -2.72. The summed E-state index contributed by atoms with van der Waals surface area (Å²) in [6, 6.07) is 24.8. The molecule has 3 aromatic rings. The summed E-state index contributed by atoms with van der Waals surface area (Å²) in [5, 5.41) is 12.0. The summed E-state index contributed by atoms with van der Waals surface area (Å²) < 4.78 is 0. The van der Waals surface area contributed by atoms with Gasteiger partial charge in [-0.3, -0.25) is 0 Å². The summed E-state index contributed by atoms with van der Waals surface area (Å²) >= 11 is 0. The van der Waals surface area contributed by atoms with Crippen molar-refractivity contribution < 1.29 is 0 Å². The Kier molecular flexibility index (Phi) is 7.36. The van der Waals surface area contributed by atoms with Crippen LogP contribution in [0.5, 0.6) is 0 Å². The zero-order valence-corrected chi connectivity index (χ0v) is 16.0. The molecule has 0 aliphatic heterocycles. The summed E-state index contributed by atoms with van der Waals surface area (Å²) in [6.07, 6.45) is 3.56. The van der Waals surface area contributed by atoms with E-state index in [4.69, 9.17) is 0 Å². The Morgan fingerprint density at radius 1 is 0.778 bits per heavy atom. The van der Waals surface area contributed by atoms with E-state index in [0.717, 1.165) is 43.1 Å². The number of nitrogens with zero attached hydrogens (tertiary/aromatic N) is 3. The van der Waals surface area contributed by atoms with Crippen molar-refractivity contribution in [3.63, 3.8) is 0 Å². The number of hydrogen-bond acceptors (Lipinski definition) is 4. The molecule has 1 aromatic heterocycles. The lowest BCUT2D eigenvalue weighted by atomic mass is 10.1. The van der Waals surface area contributed by atoms with Crippen LogP contribution in [0.2, 0.25) is 0 Å². The normalized spacial score (nSPS) is 10.9. The van der Waals surface area contributed by atoms with Crippen molar-refractivity contribution in [2.75, 3.05) is 25.5 Å². The summed E-state index contributed by atoms with van der Waals surface area (Å²) in [5.41, 5.74) is 3.37. The maximum absolute atomic E-state index is 4.31. The standard InChI is InChI=1S/C23H28N4/c1-27(19-20-11-5-2-6-12-20)18-10-4-9-17-24-23-16-15-22(25-26-23)21-13-7-3-8-14-21/h2-3,5-8,11-16H,4,9-10,17-19H2,1H3,(H,24,26). The minimum atomic E-state index is 0.843. The molecule has 3 rings (SSSR count). The van der Waals surface area contributed by atoms with E-state index in [1.807, 2.05) is 42.5 Å². The van der Waals surface area contributed by atoms with Gasteiger partial charge in [0.1, 0.15) is 5.82 Å². The highest BCUT2D eigenvalue weighted by atomic mass is 15.2. The van der Waals surface area contributed by atoms with Gasteiger partial charge in [0.05, 0.1) is 5.69 Å². The SMILES string of the molecule is CN(CCCCCNc1ccc(-c2ccccc2)nn1)Cc1ccccc1. The van der Waals surface area contributed by atoms with Gasteiger partial charge in [0.2, 0.25) is 0 Å². The fourth-order valence-corrected chi connectivity index (χ4v) is 3.06. The van der Waals surface area contributed by atoms with E-state index in [9.17, 15) is 0 Å². The monoisotopic (exact) mass is 360 g/mol. The summed E-state index contributed by atoms with van der Waals surface area (Å²) in [5.74, 6) is 0.843. The molecule has 0 radical (unpaired) electrons. The van der Waals surface area contributed by atoms with Gasteiger partial charge in [-0.05, 0) is 44.1 Å². The third-order valence-corrected chi connectivity index (χ3v) is 4.55. The summed E-state index contributed by atoms with van der Waals surface area (Å²) in [7, 11) is 2.19. The predicted molar refractivity (Wildman–Crippen MR) is 113 cm³/mol. The average Bonchev–Trinajstić information content (AvgIpc) is 2.72. The van der Waals surface area contributed by atoms with Crippen LogP contribution in [0.3, 0.4) is 0 Å². The molecule has 0 spiro atoms. The van der Waals surface area contributed by atoms with Gasteiger partial charge in [0, 0.05) is 18.7 Å². The highest BCUT2D eigenvalue weighted by molar-refractivity contribution is 5.59. The minimum absolute atomic E-state index is 0.843. The molecular weight excluding hydrogens is 332 g/mol. The lowest BCUT2D eigenvalue weighted by Crippen LogP contribution is -2.19. The third kappa shape index (κ3) is 6.50. The van der Waals surface area contributed by atoms with E-state index in [-0.39, 0.29) is 0 Å². The Bertz CT molecular complexity index is 772. The van der Waals surface area contributed by atoms with Crippen LogP contribution in [0.4, 0.5) is 5.82 Å². The fourth-order valence-electron chi connectivity index (χ4n) is 3.06. The molecule has 0 atom stereocenters. The number of hydrogen-bond donors (Lipinski definition) is 1. The lowest BCUT2D eigenvalue weighted by Gasteiger charge is -2.16. The summed E-state index contributed by atoms with van der Waals surface area (Å²) in [6.45, 7) is 3.07. The molecule has 0 aliphatic carbocycles. The zero-order chi connectivity index (χ0) is 18.7. The van der Waals surface area contributed by atoms with Gasteiger partial charge in [0.25, 0.3) is 0 Å². The maximum atomic E-state index is 4.31. The van der Waals surface area contributed by atoms with Crippen LogP contribution in [0, 0.1) is 0 Å². The molecule has 4 heteroatoms. The topological polar surface area (TPSA) is 41.0 Å². The second-order valence-electron chi connectivity index (χ2n) is 6.88. The fraction of sp³-hybridized carbons (Fsp3) is 0.304. The molecule has 4 nitrogen and oxygen atoms in total. The van der Waals surface area contributed by atoms with Crippen LogP contribution in [-0.2, 0) is 6.54 Å². The highest BCUT2D eigenvalue weighted by Gasteiger charge is 2.01. The van der Waals surface area contributed by atoms with Crippen LogP contribution in [0.15, 0.2) is 72.8 Å². The lowest BCUT2D eigenvalue weighted by molar-refractivity contribution is 0.318. The van der Waals surface area contributed by atoms with E-state index >= 15 is 0 Å². The van der Waals surface area contributed by atoms with Crippen molar-refractivity contribution in [3.05, 3.63) is 78.4 Å². The molecule has 0 amide bonds. The molecule has 2 aromatic carbocycles. The van der Waals surface area contributed by atoms with Crippen molar-refractivity contribution in [2.24, 2.45) is 0 Å². The molecular formula is C23H28N4. The third-order valence-electron chi connectivity index (χ3n) is 4.55.